The van der Waals surface area contributed by atoms with E-state index >= 15 is 0 Å². The molecule has 1 aliphatic carbocycles. The van der Waals surface area contributed by atoms with Crippen molar-refractivity contribution in [2.45, 2.75) is 57.1 Å². The summed E-state index contributed by atoms with van der Waals surface area (Å²) in [5.74, 6) is 2.34. The fourth-order valence-electron chi connectivity index (χ4n) is 4.02. The number of aromatic nitrogens is 1. The quantitative estimate of drug-likeness (QED) is 0.391. The minimum atomic E-state index is 0. The van der Waals surface area contributed by atoms with Crippen LogP contribution in [0.2, 0.25) is 0 Å². The van der Waals surface area contributed by atoms with Crippen LogP contribution in [0.5, 0.6) is 0 Å². The second-order valence-electron chi connectivity index (χ2n) is 7.30. The Hall–Kier alpha value is -0.500. The molecule has 1 saturated carbocycles. The maximum absolute atomic E-state index is 4.95. The SMILES string of the molecule is CCNC(=NCCc1ccncc1C)N1CCSC2(CCCCC2)C1.I. The standard InChI is InChI=1S/C20H32N4S.HI/c1-3-22-19(23-12-8-18-7-11-21-15-17(18)2)24-13-14-25-20(16-24)9-5-4-6-10-20;/h7,11,15H,3-6,8-10,12-14,16H2,1-2H3,(H,22,23);1H. The van der Waals surface area contributed by atoms with Gasteiger partial charge in [0.1, 0.15) is 0 Å². The number of guanidine groups is 1. The van der Waals surface area contributed by atoms with Crippen LogP contribution in [0.15, 0.2) is 23.5 Å². The Morgan fingerprint density at radius 2 is 2.15 bits per heavy atom. The fraction of sp³-hybridized carbons (Fsp3) is 0.700. The van der Waals surface area contributed by atoms with Crippen LogP contribution in [-0.2, 0) is 6.42 Å². The fourth-order valence-corrected chi connectivity index (χ4v) is 5.58. The van der Waals surface area contributed by atoms with E-state index in [2.05, 4.69) is 46.9 Å². The van der Waals surface area contributed by atoms with Crippen LogP contribution in [0.4, 0.5) is 0 Å². The zero-order chi connectivity index (χ0) is 17.5. The second kappa shape index (κ2) is 10.7. The Morgan fingerprint density at radius 3 is 2.88 bits per heavy atom. The summed E-state index contributed by atoms with van der Waals surface area (Å²) in [6, 6.07) is 2.12. The highest BCUT2D eigenvalue weighted by Gasteiger charge is 2.38. The van der Waals surface area contributed by atoms with Gasteiger partial charge in [-0.15, -0.1) is 24.0 Å². The lowest BCUT2D eigenvalue weighted by molar-refractivity contribution is 0.293. The predicted octanol–water partition coefficient (Wildman–Crippen LogP) is 4.27. The third kappa shape index (κ3) is 5.75. The molecule has 1 aliphatic heterocycles. The lowest BCUT2D eigenvalue weighted by atomic mass is 9.87. The van der Waals surface area contributed by atoms with Gasteiger partial charge in [-0.3, -0.25) is 9.98 Å². The van der Waals surface area contributed by atoms with E-state index < -0.39 is 0 Å². The summed E-state index contributed by atoms with van der Waals surface area (Å²) >= 11 is 2.22. The Balaban J connectivity index is 0.00000243. The zero-order valence-corrected chi connectivity index (χ0v) is 19.3. The lowest BCUT2D eigenvalue weighted by Crippen LogP contribution is -2.53. The van der Waals surface area contributed by atoms with Crippen LogP contribution >= 0.6 is 35.7 Å². The van der Waals surface area contributed by atoms with E-state index in [9.17, 15) is 0 Å². The van der Waals surface area contributed by atoms with E-state index in [0.717, 1.165) is 38.6 Å². The molecule has 2 aliphatic rings. The van der Waals surface area contributed by atoms with Crippen molar-refractivity contribution in [2.24, 2.45) is 4.99 Å². The molecule has 2 fully saturated rings. The van der Waals surface area contributed by atoms with Crippen molar-refractivity contribution in [1.29, 1.82) is 0 Å². The van der Waals surface area contributed by atoms with E-state index in [1.807, 2.05) is 12.4 Å². The molecule has 0 radical (unpaired) electrons. The van der Waals surface area contributed by atoms with Crippen LogP contribution < -0.4 is 5.32 Å². The molecule has 0 atom stereocenters. The number of nitrogens with zero attached hydrogens (tertiary/aromatic N) is 3. The molecule has 0 unspecified atom stereocenters. The molecular formula is C20H33IN4S. The molecule has 3 rings (SSSR count). The van der Waals surface area contributed by atoms with Crippen molar-refractivity contribution >= 4 is 41.7 Å². The van der Waals surface area contributed by atoms with Crippen LogP contribution in [0.1, 0.15) is 50.2 Å². The largest absolute Gasteiger partial charge is 0.357 e. The number of hydrogen-bond acceptors (Lipinski definition) is 3. The number of thioether (sulfide) groups is 1. The smallest absolute Gasteiger partial charge is 0.193 e. The van der Waals surface area contributed by atoms with E-state index in [0.29, 0.717) is 4.75 Å². The third-order valence-electron chi connectivity index (χ3n) is 5.43. The van der Waals surface area contributed by atoms with Gasteiger partial charge in [-0.25, -0.2) is 0 Å². The summed E-state index contributed by atoms with van der Waals surface area (Å²) in [5, 5.41) is 3.53. The van der Waals surface area contributed by atoms with Gasteiger partial charge in [0.15, 0.2) is 5.96 Å². The lowest BCUT2D eigenvalue weighted by Gasteiger charge is -2.45. The van der Waals surface area contributed by atoms with E-state index in [1.165, 1.54) is 49.0 Å². The van der Waals surface area contributed by atoms with Gasteiger partial charge in [0.25, 0.3) is 0 Å². The van der Waals surface area contributed by atoms with Gasteiger partial charge in [0.05, 0.1) is 0 Å². The van der Waals surface area contributed by atoms with Gasteiger partial charge in [0, 0.05) is 49.1 Å². The van der Waals surface area contributed by atoms with Crippen molar-refractivity contribution in [3.63, 3.8) is 0 Å². The summed E-state index contributed by atoms with van der Waals surface area (Å²) in [4.78, 5) is 11.7. The Kier molecular flexibility index (Phi) is 9.00. The Labute approximate surface area is 180 Å². The molecule has 4 nitrogen and oxygen atoms in total. The van der Waals surface area contributed by atoms with Gasteiger partial charge >= 0.3 is 0 Å². The molecule has 1 spiro atoms. The minimum absolute atomic E-state index is 0. The second-order valence-corrected chi connectivity index (χ2v) is 8.86. The first kappa shape index (κ1) is 21.8. The van der Waals surface area contributed by atoms with Gasteiger partial charge < -0.3 is 10.2 Å². The highest BCUT2D eigenvalue weighted by Crippen LogP contribution is 2.42. The number of hydrogen-bond donors (Lipinski definition) is 1. The van der Waals surface area contributed by atoms with Crippen LogP contribution in [0.3, 0.4) is 0 Å². The molecule has 26 heavy (non-hydrogen) atoms. The van der Waals surface area contributed by atoms with Crippen molar-refractivity contribution in [3.05, 3.63) is 29.6 Å². The monoisotopic (exact) mass is 488 g/mol. The number of nitrogens with one attached hydrogen (secondary N) is 1. The molecule has 0 bridgehead atoms. The first-order valence-corrected chi connectivity index (χ1v) is 10.8. The highest BCUT2D eigenvalue weighted by molar-refractivity contribution is 14.0. The van der Waals surface area contributed by atoms with Crippen LogP contribution in [0.25, 0.3) is 0 Å². The molecule has 1 N–H and O–H groups in total. The van der Waals surface area contributed by atoms with Gasteiger partial charge in [-0.2, -0.15) is 11.8 Å². The molecule has 0 amide bonds. The number of rotatable bonds is 4. The molecule has 1 aromatic rings. The Morgan fingerprint density at radius 1 is 1.35 bits per heavy atom. The first-order valence-electron chi connectivity index (χ1n) is 9.79. The molecule has 0 aromatic carbocycles. The van der Waals surface area contributed by atoms with Crippen molar-refractivity contribution in [2.75, 3.05) is 31.9 Å². The van der Waals surface area contributed by atoms with Crippen molar-refractivity contribution in [1.82, 2.24) is 15.2 Å². The summed E-state index contributed by atoms with van der Waals surface area (Å²) < 4.78 is 0.481. The van der Waals surface area contributed by atoms with E-state index in [1.54, 1.807) is 0 Å². The van der Waals surface area contributed by atoms with Crippen LogP contribution in [0, 0.1) is 6.92 Å². The van der Waals surface area contributed by atoms with Gasteiger partial charge in [-0.1, -0.05) is 19.3 Å². The molecule has 1 aromatic heterocycles. The molecule has 146 valence electrons. The minimum Gasteiger partial charge on any atom is -0.357 e. The first-order chi connectivity index (χ1) is 12.2. The summed E-state index contributed by atoms with van der Waals surface area (Å²) in [6.07, 6.45) is 11.8. The number of pyridine rings is 1. The molecular weight excluding hydrogens is 455 g/mol. The van der Waals surface area contributed by atoms with E-state index in [4.69, 9.17) is 4.99 Å². The zero-order valence-electron chi connectivity index (χ0n) is 16.2. The average molecular weight is 488 g/mol. The van der Waals surface area contributed by atoms with Crippen LogP contribution in [-0.4, -0.2) is 52.5 Å². The summed E-state index contributed by atoms with van der Waals surface area (Å²) in [6.45, 7) is 8.35. The number of halogens is 1. The predicted molar refractivity (Wildman–Crippen MR) is 124 cm³/mol. The maximum Gasteiger partial charge on any atom is 0.193 e. The third-order valence-corrected chi connectivity index (χ3v) is 6.96. The summed E-state index contributed by atoms with van der Waals surface area (Å²) in [5.41, 5.74) is 2.62. The summed E-state index contributed by atoms with van der Waals surface area (Å²) in [7, 11) is 0. The number of aryl methyl sites for hydroxylation is 1. The maximum atomic E-state index is 4.95. The number of aliphatic imine (C=N–C) groups is 1. The molecule has 6 heteroatoms. The van der Waals surface area contributed by atoms with Gasteiger partial charge in [-0.05, 0) is 50.3 Å². The topological polar surface area (TPSA) is 40.5 Å². The average Bonchev–Trinajstić information content (AvgIpc) is 2.63. The normalized spacial score (nSPS) is 19.9. The Bertz CT molecular complexity index is 581. The molecule has 2 heterocycles. The van der Waals surface area contributed by atoms with Gasteiger partial charge in [0.2, 0.25) is 0 Å². The van der Waals surface area contributed by atoms with Crippen molar-refractivity contribution < 1.29 is 0 Å². The van der Waals surface area contributed by atoms with Crippen molar-refractivity contribution in [3.8, 4) is 0 Å². The molecule has 1 saturated heterocycles. The van der Waals surface area contributed by atoms with E-state index in [-0.39, 0.29) is 24.0 Å². The highest BCUT2D eigenvalue weighted by atomic mass is 127.